The molecule has 0 amide bonds. The van der Waals surface area contributed by atoms with Crippen molar-refractivity contribution < 1.29 is 73.4 Å². The summed E-state index contributed by atoms with van der Waals surface area (Å²) >= 11 is 0. The fourth-order valence-corrected chi connectivity index (χ4v) is 34.7. The minimum Gasteiger partial charge on any atom is -0.390 e. The molecule has 2 aromatic carbocycles. The second-order valence-corrected chi connectivity index (χ2v) is 49.0. The van der Waals surface area contributed by atoms with Gasteiger partial charge in [0, 0.05) is 38.5 Å². The highest BCUT2D eigenvalue weighted by Crippen LogP contribution is 2.70. The summed E-state index contributed by atoms with van der Waals surface area (Å²) in [5, 5.41) is 54.5. The summed E-state index contributed by atoms with van der Waals surface area (Å²) in [6.07, 6.45) is 38.8. The Morgan fingerprint density at radius 2 is 0.740 bits per heavy atom. The lowest BCUT2D eigenvalue weighted by atomic mass is 9.50. The van der Waals surface area contributed by atoms with Crippen LogP contribution in [0.25, 0.3) is 0 Å². The van der Waals surface area contributed by atoms with Gasteiger partial charge < -0.3 is 30.3 Å². The number of allylic oxidation sites excluding steroid dienone is 3. The van der Waals surface area contributed by atoms with Gasteiger partial charge in [0.25, 0.3) is 0 Å². The average molecular weight is 1760 g/mol. The number of halogens is 6. The topological polar surface area (TPSA) is 182 Å². The van der Waals surface area contributed by atoms with Gasteiger partial charge in [-0.05, 0) is 378 Å². The smallest absolute Gasteiger partial charge is 0.248 e. The van der Waals surface area contributed by atoms with E-state index in [0.717, 1.165) is 145 Å². The first-order chi connectivity index (χ1) is 56.5. The van der Waals surface area contributed by atoms with Crippen molar-refractivity contribution >= 4 is 19.7 Å². The van der Waals surface area contributed by atoms with E-state index in [4.69, 9.17) is 4.74 Å². The molecule has 15 aliphatic carbocycles. The molecule has 25 atom stereocenters. The van der Waals surface area contributed by atoms with Crippen molar-refractivity contribution in [2.75, 3.05) is 12.4 Å². The fraction of sp³-hybridized carbons (Fsp3) is 0.829. The second kappa shape index (κ2) is 37.2. The zero-order chi connectivity index (χ0) is 85.9. The molecule has 698 valence electrons. The summed E-state index contributed by atoms with van der Waals surface area (Å²) in [5.41, 5.74) is 1.38. The number of hydrogen-bond acceptors (Lipinski definition) is 10. The molecule has 1 saturated heterocycles. The molecule has 13 fully saturated rings. The number of benzene rings is 2. The lowest BCUT2D eigenvalue weighted by Crippen LogP contribution is -2.50. The Hall–Kier alpha value is -3.10. The van der Waals surface area contributed by atoms with Gasteiger partial charge in [0.15, 0.2) is 19.7 Å². The molecule has 12 saturated carbocycles. The molecule has 1 unspecified atom stereocenters. The van der Waals surface area contributed by atoms with Crippen molar-refractivity contribution in [3.63, 3.8) is 0 Å². The third kappa shape index (κ3) is 20.2. The second-order valence-electron chi connectivity index (χ2n) is 44.8. The normalized spacial score (nSPS) is 40.6. The highest BCUT2D eigenvalue weighted by Gasteiger charge is 2.63. The van der Waals surface area contributed by atoms with Crippen molar-refractivity contribution in [3.05, 3.63) is 95.6 Å². The van der Waals surface area contributed by atoms with E-state index in [1.807, 2.05) is 18.2 Å². The molecule has 1 aliphatic heterocycles. The number of sulfone groups is 2. The first-order valence-corrected chi connectivity index (χ1v) is 51.7. The molecule has 10 nitrogen and oxygen atoms in total. The van der Waals surface area contributed by atoms with E-state index in [2.05, 4.69) is 80.5 Å². The minimum atomic E-state index is -3.80. The Labute approximate surface area is 740 Å². The van der Waals surface area contributed by atoms with Crippen LogP contribution >= 0.6 is 0 Å². The number of rotatable bonds is 17. The summed E-state index contributed by atoms with van der Waals surface area (Å²) in [5.74, 6) is 2.70. The van der Waals surface area contributed by atoms with E-state index < -0.39 is 83.5 Å². The Morgan fingerprint density at radius 3 is 1.11 bits per heavy atom. The van der Waals surface area contributed by atoms with Gasteiger partial charge in [0.05, 0.1) is 61.0 Å². The molecule has 5 N–H and O–H groups in total. The lowest BCUT2D eigenvalue weighted by molar-refractivity contribution is -0.109. The van der Waals surface area contributed by atoms with Crippen LogP contribution in [0.3, 0.4) is 0 Å². The van der Waals surface area contributed by atoms with Gasteiger partial charge in [-0.15, -0.1) is 0 Å². The maximum Gasteiger partial charge on any atom is 0.248 e. The quantitative estimate of drug-likeness (QED) is 0.0581. The van der Waals surface area contributed by atoms with Crippen LogP contribution in [0.1, 0.15) is 354 Å². The van der Waals surface area contributed by atoms with Crippen LogP contribution in [-0.2, 0) is 24.4 Å². The van der Waals surface area contributed by atoms with E-state index in [0.29, 0.717) is 95.4 Å². The average Bonchev–Trinajstić information content (AvgIpc) is 1.63. The van der Waals surface area contributed by atoms with E-state index in [-0.39, 0.29) is 125 Å². The highest BCUT2D eigenvalue weighted by atomic mass is 32.2. The maximum absolute atomic E-state index is 14.3. The molecular weight excluding hydrogens is 1600 g/mol. The Balaban J connectivity index is 0.000000158. The summed E-state index contributed by atoms with van der Waals surface area (Å²) in [7, 11) is -7.05. The van der Waals surface area contributed by atoms with Crippen molar-refractivity contribution in [2.45, 2.75) is 421 Å². The van der Waals surface area contributed by atoms with Crippen molar-refractivity contribution in [1.29, 1.82) is 0 Å². The third-order valence-electron chi connectivity index (χ3n) is 38.5. The number of hydrogen-bond donors (Lipinski definition) is 5. The zero-order valence-corrected chi connectivity index (χ0v) is 76.1. The number of fused-ring (bicyclic) bond motifs is 15. The van der Waals surface area contributed by atoms with Gasteiger partial charge in [0.1, 0.15) is 0 Å². The largest absolute Gasteiger partial charge is 0.390 e. The van der Waals surface area contributed by atoms with Crippen LogP contribution in [-0.4, -0.2) is 111 Å². The summed E-state index contributed by atoms with van der Waals surface area (Å²) in [6, 6.07) is 17.5. The Kier molecular flexibility index (Phi) is 29.9. The lowest BCUT2D eigenvalue weighted by Gasteiger charge is -2.55. The molecule has 0 bridgehead atoms. The Morgan fingerprint density at radius 1 is 0.398 bits per heavy atom. The van der Waals surface area contributed by atoms with Crippen LogP contribution in [0, 0.1) is 123 Å². The maximum atomic E-state index is 14.3. The predicted molar refractivity (Wildman–Crippen MR) is 484 cm³/mol. The van der Waals surface area contributed by atoms with Crippen molar-refractivity contribution in [1.82, 2.24) is 0 Å². The molecule has 123 heavy (non-hydrogen) atoms. The SMILES string of the molecule is C.C.C.CC[C@]1(O)CC[C@H]2C(=CC[C@@H]3[C@@H]2CC[C@]2(C)[C@@H]([C@H](C)C(CC4(O)CCC(F)(F)CC4)S(=O)(=O)c4ccccc4)CC[C@@H]32)C1.CC[C@]1(O)CC[C@H]2C(=CC[C@@H]3[C@@H]2CC[C@]2(C)[C@@H]([C@H](C)CCC4(O)CCC(F)(F)CC4)CC[C@@H]32)C1.CC[C@]1(O)CC[C@H]2C(=CC[C@@H]3[C@@H]2CC[C@]2(C)[C@@H]([C@H](C)CS(=O)(=O)c4ccccc4)CC[C@@H]32)C1.FC1(F)CCC2(CC1)CO2. The van der Waals surface area contributed by atoms with E-state index in [1.165, 1.54) is 69.8 Å². The standard InChI is InChI=1S/C36H52F2O4S.C30H48F2O2.C29H42O3S.C7H10F2O.3CH4/c1-4-34(39)17-15-27-25(22-34)10-11-29-28(27)14-16-33(3)30(12-13-31(29)33)24(2)32(43(41,42)26-8-6-5-7-9-26)23-35(40)18-20-36(37,38)21-19-35;1-4-28(33)14-11-22-21(19-28)5-6-24-23(22)10-12-27(3)25(7-8-26(24)27)20(2)9-13-29(34)15-17-30(31,32)18-16-29;1-4-29(30)17-15-23-21(18-29)10-11-25-24(23)14-16-28(3)26(12-13-27(25)28)20(2)19-33(31,32)22-8-6-5-7-9-22;8-7(9)3-1-6(2-4-7)5-10-6;;;/h5-10,24,27-32,39-40H,4,11-23H2,1-3H3;5,20,22-26,33-34H,4,6-19H2,1-3H3;5-10,20,23-27,30H,4,11-19H2,1-3H3;1-5H2;3*1H4/t24-,27-,28+,29+,30+,31-,32?,33+,34-;20-,22+,23-,24-,25-,26+,27-,28+;20-,23+,24-,25-,26-,27+,28-,29+;;;;/m011..../s1. The van der Waals surface area contributed by atoms with Gasteiger partial charge >= 0.3 is 0 Å². The number of epoxide rings is 1. The van der Waals surface area contributed by atoms with Crippen LogP contribution in [0.15, 0.2) is 105 Å². The summed E-state index contributed by atoms with van der Waals surface area (Å²) < 4.78 is 140. The van der Waals surface area contributed by atoms with Crippen LogP contribution in [0.5, 0.6) is 0 Å². The highest BCUT2D eigenvalue weighted by molar-refractivity contribution is 7.92. The van der Waals surface area contributed by atoms with E-state index >= 15 is 0 Å². The zero-order valence-electron chi connectivity index (χ0n) is 74.4. The third-order valence-corrected chi connectivity index (χ3v) is 42.8. The molecule has 0 radical (unpaired) electrons. The molecule has 1 heterocycles. The van der Waals surface area contributed by atoms with Crippen molar-refractivity contribution in [2.24, 2.45) is 123 Å². The molecule has 1 spiro atoms. The molecule has 16 aliphatic rings. The minimum absolute atomic E-state index is 0. The van der Waals surface area contributed by atoms with Gasteiger partial charge in [-0.1, -0.05) is 156 Å². The Bertz CT molecular complexity index is 4190. The first kappa shape index (κ1) is 98.9. The van der Waals surface area contributed by atoms with Crippen molar-refractivity contribution in [3.8, 4) is 0 Å². The van der Waals surface area contributed by atoms with E-state index in [9.17, 15) is 68.7 Å². The molecule has 0 aromatic heterocycles. The molecule has 18 heteroatoms. The number of aliphatic hydroxyl groups is 5. The molecule has 18 rings (SSSR count). The van der Waals surface area contributed by atoms with Crippen LogP contribution in [0.2, 0.25) is 0 Å². The van der Waals surface area contributed by atoms with Gasteiger partial charge in [-0.25, -0.2) is 43.2 Å². The van der Waals surface area contributed by atoms with Gasteiger partial charge in [-0.2, -0.15) is 0 Å². The predicted octanol–water partition coefficient (Wildman–Crippen LogP) is 26.1. The van der Waals surface area contributed by atoms with Gasteiger partial charge in [0.2, 0.25) is 17.8 Å². The van der Waals surface area contributed by atoms with Gasteiger partial charge in [-0.3, -0.25) is 0 Å². The monoisotopic (exact) mass is 1760 g/mol. The van der Waals surface area contributed by atoms with Crippen LogP contribution < -0.4 is 0 Å². The summed E-state index contributed by atoms with van der Waals surface area (Å²) in [4.78, 5) is 0.726. The number of ether oxygens (including phenoxy) is 1. The first-order valence-electron chi connectivity index (χ1n) is 48.5. The fourth-order valence-electron chi connectivity index (χ4n) is 30.8. The van der Waals surface area contributed by atoms with Crippen LogP contribution in [0.4, 0.5) is 26.3 Å². The number of alkyl halides is 6. The van der Waals surface area contributed by atoms with E-state index in [1.54, 1.807) is 53.6 Å². The molecule has 2 aromatic rings. The molecular formula is C105H164F6O10S2. The summed E-state index contributed by atoms with van der Waals surface area (Å²) in [6.45, 7) is 21.1.